The van der Waals surface area contributed by atoms with Crippen LogP contribution in [0.5, 0.6) is 0 Å². The molecule has 1 aromatic heterocycles. The zero-order valence-corrected chi connectivity index (χ0v) is 15.3. The van der Waals surface area contributed by atoms with Gasteiger partial charge < -0.3 is 5.32 Å². The van der Waals surface area contributed by atoms with Crippen LogP contribution in [-0.2, 0) is 6.42 Å². The van der Waals surface area contributed by atoms with E-state index in [9.17, 15) is 0 Å². The van der Waals surface area contributed by atoms with Crippen LogP contribution in [0.1, 0.15) is 56.9 Å². The Morgan fingerprint density at radius 3 is 2.52 bits per heavy atom. The Morgan fingerprint density at radius 1 is 1.24 bits per heavy atom. The molecule has 1 heterocycles. The Labute approximate surface area is 136 Å². The van der Waals surface area contributed by atoms with E-state index in [2.05, 4.69) is 68.0 Å². The van der Waals surface area contributed by atoms with Gasteiger partial charge in [-0.2, -0.15) is 0 Å². The van der Waals surface area contributed by atoms with Crippen LogP contribution in [0, 0.1) is 6.92 Å². The molecule has 0 bridgehead atoms. The van der Waals surface area contributed by atoms with E-state index < -0.39 is 0 Å². The van der Waals surface area contributed by atoms with Crippen molar-refractivity contribution in [2.24, 2.45) is 0 Å². The zero-order chi connectivity index (χ0) is 15.6. The summed E-state index contributed by atoms with van der Waals surface area (Å²) in [5.74, 6) is 0.463. The molecule has 1 N–H and O–H groups in total. The molecule has 0 atom stereocenters. The van der Waals surface area contributed by atoms with E-state index in [0.29, 0.717) is 5.92 Å². The van der Waals surface area contributed by atoms with Gasteiger partial charge in [0.1, 0.15) is 0 Å². The highest BCUT2D eigenvalue weighted by Gasteiger charge is 2.17. The normalized spacial score (nSPS) is 11.4. The molecule has 0 aliphatic carbocycles. The lowest BCUT2D eigenvalue weighted by atomic mass is 9.95. The summed E-state index contributed by atoms with van der Waals surface area (Å²) in [7, 11) is 0. The number of anilines is 1. The molecular formula is C18H25BrN2. The van der Waals surface area contributed by atoms with Crippen LogP contribution in [0.3, 0.4) is 0 Å². The molecule has 1 aromatic carbocycles. The lowest BCUT2D eigenvalue weighted by Crippen LogP contribution is -2.09. The third kappa shape index (κ3) is 3.23. The number of nitrogens with zero attached hydrogens (tertiary/aromatic N) is 1. The van der Waals surface area contributed by atoms with Crippen molar-refractivity contribution >= 4 is 32.5 Å². The molecule has 0 saturated carbocycles. The standard InChI is InChI=1S/C18H25BrN2/c1-6-8-20-18-15-10-14(19)9-13(7-2)17(15)21-12(5)16(18)11(3)4/h9-11H,6-8H2,1-5H3,(H,20,21). The van der Waals surface area contributed by atoms with E-state index >= 15 is 0 Å². The van der Waals surface area contributed by atoms with Crippen LogP contribution >= 0.6 is 15.9 Å². The summed E-state index contributed by atoms with van der Waals surface area (Å²) in [4.78, 5) is 4.92. The number of pyridine rings is 1. The first-order valence-electron chi connectivity index (χ1n) is 7.86. The van der Waals surface area contributed by atoms with Gasteiger partial charge in [0.05, 0.1) is 5.52 Å². The Hall–Kier alpha value is -1.09. The van der Waals surface area contributed by atoms with Crippen LogP contribution in [0.25, 0.3) is 10.9 Å². The van der Waals surface area contributed by atoms with Gasteiger partial charge in [0.2, 0.25) is 0 Å². The van der Waals surface area contributed by atoms with Crippen LogP contribution in [0.2, 0.25) is 0 Å². The fraction of sp³-hybridized carbons (Fsp3) is 0.500. The van der Waals surface area contributed by atoms with E-state index in [-0.39, 0.29) is 0 Å². The molecule has 0 spiro atoms. The van der Waals surface area contributed by atoms with Crippen molar-refractivity contribution in [3.05, 3.63) is 33.4 Å². The molecule has 2 aromatic rings. The second kappa shape index (κ2) is 6.78. The van der Waals surface area contributed by atoms with Gasteiger partial charge in [-0.3, -0.25) is 4.98 Å². The maximum Gasteiger partial charge on any atom is 0.0758 e. The Balaban J connectivity index is 2.82. The predicted molar refractivity (Wildman–Crippen MR) is 96.4 cm³/mol. The van der Waals surface area contributed by atoms with Crippen LogP contribution in [-0.4, -0.2) is 11.5 Å². The first-order chi connectivity index (χ1) is 9.99. The fourth-order valence-corrected chi connectivity index (χ4v) is 3.45. The van der Waals surface area contributed by atoms with Gasteiger partial charge in [-0.05, 0) is 48.9 Å². The van der Waals surface area contributed by atoms with Crippen molar-refractivity contribution in [3.63, 3.8) is 0 Å². The molecule has 0 radical (unpaired) electrons. The molecular weight excluding hydrogens is 324 g/mol. The van der Waals surface area contributed by atoms with Gasteiger partial charge >= 0.3 is 0 Å². The Kier molecular flexibility index (Phi) is 5.26. The summed E-state index contributed by atoms with van der Waals surface area (Å²) < 4.78 is 1.13. The van der Waals surface area contributed by atoms with Crippen LogP contribution < -0.4 is 5.32 Å². The van der Waals surface area contributed by atoms with E-state index in [1.165, 1.54) is 22.2 Å². The molecule has 3 heteroatoms. The minimum atomic E-state index is 0.463. The minimum Gasteiger partial charge on any atom is -0.384 e. The van der Waals surface area contributed by atoms with E-state index in [1.807, 2.05) is 0 Å². The maximum absolute atomic E-state index is 4.92. The number of benzene rings is 1. The van der Waals surface area contributed by atoms with Crippen molar-refractivity contribution in [3.8, 4) is 0 Å². The number of aryl methyl sites for hydroxylation is 2. The molecule has 114 valence electrons. The summed E-state index contributed by atoms with van der Waals surface area (Å²) in [5, 5.41) is 4.89. The van der Waals surface area contributed by atoms with Gasteiger partial charge in [-0.1, -0.05) is 43.6 Å². The Bertz CT molecular complexity index is 647. The third-order valence-corrected chi connectivity index (χ3v) is 4.33. The van der Waals surface area contributed by atoms with Gasteiger partial charge in [-0.25, -0.2) is 0 Å². The highest BCUT2D eigenvalue weighted by molar-refractivity contribution is 9.10. The molecule has 0 unspecified atom stereocenters. The third-order valence-electron chi connectivity index (χ3n) is 3.87. The first kappa shape index (κ1) is 16.3. The van der Waals surface area contributed by atoms with Gasteiger partial charge in [-0.15, -0.1) is 0 Å². The summed E-state index contributed by atoms with van der Waals surface area (Å²) >= 11 is 3.65. The molecule has 0 saturated heterocycles. The van der Waals surface area contributed by atoms with E-state index in [0.717, 1.165) is 35.1 Å². The molecule has 0 aliphatic heterocycles. The highest BCUT2D eigenvalue weighted by Crippen LogP contribution is 2.36. The summed E-state index contributed by atoms with van der Waals surface area (Å²) in [6.07, 6.45) is 2.12. The van der Waals surface area contributed by atoms with Crippen molar-refractivity contribution in [2.75, 3.05) is 11.9 Å². The number of rotatable bonds is 5. The number of hydrogen-bond acceptors (Lipinski definition) is 2. The van der Waals surface area contributed by atoms with E-state index in [4.69, 9.17) is 4.98 Å². The minimum absolute atomic E-state index is 0.463. The van der Waals surface area contributed by atoms with Crippen molar-refractivity contribution < 1.29 is 0 Å². The summed E-state index contributed by atoms with van der Waals surface area (Å²) in [5.41, 5.74) is 6.20. The SMILES string of the molecule is CCCNc1c(C(C)C)c(C)nc2c(CC)cc(Br)cc12. The average Bonchev–Trinajstić information content (AvgIpc) is 2.43. The summed E-state index contributed by atoms with van der Waals surface area (Å²) in [6.45, 7) is 12.0. The molecule has 2 nitrogen and oxygen atoms in total. The molecule has 0 amide bonds. The second-order valence-electron chi connectivity index (χ2n) is 5.88. The molecule has 2 rings (SSSR count). The van der Waals surface area contributed by atoms with Crippen molar-refractivity contribution in [1.82, 2.24) is 4.98 Å². The van der Waals surface area contributed by atoms with Gasteiger partial charge in [0.25, 0.3) is 0 Å². The topological polar surface area (TPSA) is 24.9 Å². The lowest BCUT2D eigenvalue weighted by molar-refractivity contribution is 0.844. The number of nitrogens with one attached hydrogen (secondary N) is 1. The van der Waals surface area contributed by atoms with Crippen LogP contribution in [0.15, 0.2) is 16.6 Å². The lowest BCUT2D eigenvalue weighted by Gasteiger charge is -2.20. The molecule has 0 fully saturated rings. The smallest absolute Gasteiger partial charge is 0.0758 e. The van der Waals surface area contributed by atoms with E-state index in [1.54, 1.807) is 0 Å². The fourth-order valence-electron chi connectivity index (χ4n) is 2.95. The quantitative estimate of drug-likeness (QED) is 0.736. The van der Waals surface area contributed by atoms with Crippen molar-refractivity contribution in [2.45, 2.75) is 53.4 Å². The second-order valence-corrected chi connectivity index (χ2v) is 6.80. The Morgan fingerprint density at radius 2 is 1.95 bits per heavy atom. The molecule has 0 aliphatic rings. The highest BCUT2D eigenvalue weighted by atomic mass is 79.9. The monoisotopic (exact) mass is 348 g/mol. The molecule has 21 heavy (non-hydrogen) atoms. The predicted octanol–water partition coefficient (Wildman–Crippen LogP) is 5.81. The number of fused-ring (bicyclic) bond motifs is 1. The first-order valence-corrected chi connectivity index (χ1v) is 8.65. The summed E-state index contributed by atoms with van der Waals surface area (Å²) in [6, 6.07) is 4.39. The number of hydrogen-bond donors (Lipinski definition) is 1. The van der Waals surface area contributed by atoms with Crippen molar-refractivity contribution in [1.29, 1.82) is 0 Å². The largest absolute Gasteiger partial charge is 0.384 e. The number of halogens is 1. The van der Waals surface area contributed by atoms with Crippen LogP contribution in [0.4, 0.5) is 5.69 Å². The van der Waals surface area contributed by atoms with Gasteiger partial charge in [0, 0.05) is 27.8 Å². The number of aromatic nitrogens is 1. The zero-order valence-electron chi connectivity index (χ0n) is 13.7. The van der Waals surface area contributed by atoms with Gasteiger partial charge in [0.15, 0.2) is 0 Å². The average molecular weight is 349 g/mol. The maximum atomic E-state index is 4.92.